The molecule has 0 amide bonds. The molecule has 1 N–H and O–H groups in total. The smallest absolute Gasteiger partial charge is 0.343 e. The number of esters is 1. The Morgan fingerprint density at radius 1 is 1.32 bits per heavy atom. The fourth-order valence-corrected chi connectivity index (χ4v) is 2.49. The maximum atomic E-state index is 14.6. The molecule has 0 bridgehead atoms. The summed E-state index contributed by atoms with van der Waals surface area (Å²) in [6.07, 6.45) is 3.78. The van der Waals surface area contributed by atoms with Gasteiger partial charge in [0, 0.05) is 17.8 Å². The van der Waals surface area contributed by atoms with Crippen LogP contribution in [-0.2, 0) is 9.53 Å². The predicted octanol–water partition coefficient (Wildman–Crippen LogP) is 4.17. The molecule has 152 valence electrons. The topological polar surface area (TPSA) is 102 Å². The van der Waals surface area contributed by atoms with Crippen LogP contribution >= 0.6 is 0 Å². The van der Waals surface area contributed by atoms with Gasteiger partial charge in [0.15, 0.2) is 5.82 Å². The summed E-state index contributed by atoms with van der Waals surface area (Å²) in [5.74, 6) is -7.60. The van der Waals surface area contributed by atoms with E-state index in [0.717, 1.165) is 32.4 Å². The van der Waals surface area contributed by atoms with Gasteiger partial charge in [0.05, 0.1) is 11.5 Å². The summed E-state index contributed by atoms with van der Waals surface area (Å²) >= 11 is 0. The summed E-state index contributed by atoms with van der Waals surface area (Å²) in [6.45, 7) is 2.53. The highest BCUT2D eigenvalue weighted by molar-refractivity contribution is 6.15. The van der Waals surface area contributed by atoms with Crippen molar-refractivity contribution in [3.63, 3.8) is 0 Å². The largest absolute Gasteiger partial charge is 0.506 e. The first-order valence-corrected chi connectivity index (χ1v) is 8.65. The Morgan fingerprint density at radius 2 is 1.96 bits per heavy atom. The molecule has 0 radical (unpaired) electrons. The van der Waals surface area contributed by atoms with E-state index < -0.39 is 56.5 Å². The Hall–Kier alpha value is -2.91. The van der Waals surface area contributed by atoms with Crippen LogP contribution in [0.3, 0.4) is 0 Å². The minimum absolute atomic E-state index is 0.0335. The van der Waals surface area contributed by atoms with Crippen molar-refractivity contribution in [3.8, 4) is 0 Å². The SMILES string of the molecule is CCCOC(=O)/C(C=NC1CCC1)=C(/O)c1c(F)c(C)c(F)c(F)c1[N+](=O)[O-]. The minimum Gasteiger partial charge on any atom is -0.506 e. The van der Waals surface area contributed by atoms with Crippen LogP contribution in [0.15, 0.2) is 10.6 Å². The van der Waals surface area contributed by atoms with E-state index in [-0.39, 0.29) is 12.6 Å². The summed E-state index contributed by atoms with van der Waals surface area (Å²) in [6, 6.07) is -0.117. The summed E-state index contributed by atoms with van der Waals surface area (Å²) in [5.41, 5.74) is -4.39. The highest BCUT2D eigenvalue weighted by Gasteiger charge is 2.35. The zero-order valence-electron chi connectivity index (χ0n) is 15.3. The summed E-state index contributed by atoms with van der Waals surface area (Å²) in [4.78, 5) is 26.2. The molecule has 2 rings (SSSR count). The monoisotopic (exact) mass is 400 g/mol. The molecule has 28 heavy (non-hydrogen) atoms. The van der Waals surface area contributed by atoms with Crippen LogP contribution in [0.25, 0.3) is 5.76 Å². The summed E-state index contributed by atoms with van der Waals surface area (Å²) < 4.78 is 47.3. The number of ether oxygens (including phenoxy) is 1. The van der Waals surface area contributed by atoms with Crippen molar-refractivity contribution in [2.24, 2.45) is 4.99 Å². The van der Waals surface area contributed by atoms with E-state index in [1.165, 1.54) is 0 Å². The van der Waals surface area contributed by atoms with Gasteiger partial charge < -0.3 is 9.84 Å². The predicted molar refractivity (Wildman–Crippen MR) is 94.6 cm³/mol. The van der Waals surface area contributed by atoms with Crippen molar-refractivity contribution in [1.29, 1.82) is 0 Å². The van der Waals surface area contributed by atoms with E-state index in [1.54, 1.807) is 6.92 Å². The molecule has 0 spiro atoms. The first-order valence-electron chi connectivity index (χ1n) is 8.65. The van der Waals surface area contributed by atoms with Gasteiger partial charge in [0.25, 0.3) is 0 Å². The van der Waals surface area contributed by atoms with Crippen LogP contribution in [0.5, 0.6) is 0 Å². The first-order chi connectivity index (χ1) is 13.2. The number of aliphatic hydroxyl groups excluding tert-OH is 1. The molecular weight excluding hydrogens is 381 g/mol. The molecule has 1 aromatic rings. The molecule has 0 saturated heterocycles. The van der Waals surface area contributed by atoms with Crippen molar-refractivity contribution in [3.05, 3.63) is 44.3 Å². The molecule has 1 aliphatic carbocycles. The third-order valence-electron chi connectivity index (χ3n) is 4.34. The van der Waals surface area contributed by atoms with Crippen LogP contribution < -0.4 is 0 Å². The molecule has 0 atom stereocenters. The Bertz CT molecular complexity index is 864. The quantitative estimate of drug-likeness (QED) is 0.141. The highest BCUT2D eigenvalue weighted by Crippen LogP contribution is 2.35. The minimum atomic E-state index is -1.94. The Balaban J connectivity index is 2.70. The number of rotatable bonds is 7. The number of aliphatic hydroxyl groups is 1. The van der Waals surface area contributed by atoms with Crippen LogP contribution in [0.2, 0.25) is 0 Å². The van der Waals surface area contributed by atoms with Crippen molar-refractivity contribution in [2.45, 2.75) is 45.6 Å². The van der Waals surface area contributed by atoms with Crippen molar-refractivity contribution < 1.29 is 32.7 Å². The number of hydrogen-bond donors (Lipinski definition) is 1. The van der Waals surface area contributed by atoms with Gasteiger partial charge in [0.1, 0.15) is 22.7 Å². The number of aliphatic imine (C=N–C) groups is 1. The number of nitro groups is 1. The van der Waals surface area contributed by atoms with Crippen molar-refractivity contribution >= 4 is 23.6 Å². The molecule has 1 aliphatic rings. The molecular formula is C18H19F3N2O5. The van der Waals surface area contributed by atoms with E-state index in [1.807, 2.05) is 0 Å². The van der Waals surface area contributed by atoms with E-state index in [2.05, 4.69) is 4.99 Å². The van der Waals surface area contributed by atoms with Gasteiger partial charge >= 0.3 is 11.7 Å². The normalized spacial score (nSPS) is 15.3. The van der Waals surface area contributed by atoms with Crippen LogP contribution in [0, 0.1) is 34.5 Å². The average molecular weight is 400 g/mol. The number of benzene rings is 1. The van der Waals surface area contributed by atoms with Crippen LogP contribution in [0.4, 0.5) is 18.9 Å². The first kappa shape index (κ1) is 21.4. The van der Waals surface area contributed by atoms with Gasteiger partial charge in [-0.25, -0.2) is 13.6 Å². The number of hydrogen-bond acceptors (Lipinski definition) is 6. The lowest BCUT2D eigenvalue weighted by molar-refractivity contribution is -0.388. The molecule has 0 heterocycles. The van der Waals surface area contributed by atoms with Crippen LogP contribution in [0.1, 0.15) is 43.7 Å². The van der Waals surface area contributed by atoms with Gasteiger partial charge in [-0.1, -0.05) is 6.92 Å². The standard InChI is InChI=1S/C18H19F3N2O5/c1-3-7-28-18(25)11(8-22-10-5-4-6-10)17(24)12-13(19)9(2)14(20)15(21)16(12)23(26)27/h8,10,24H,3-7H2,1-2H3/b17-11+,22-8?. The lowest BCUT2D eigenvalue weighted by atomic mass is 9.94. The van der Waals surface area contributed by atoms with Crippen LogP contribution in [-0.4, -0.2) is 34.9 Å². The lowest BCUT2D eigenvalue weighted by Crippen LogP contribution is -2.18. The number of nitro benzene ring substituents is 1. The maximum absolute atomic E-state index is 14.6. The van der Waals surface area contributed by atoms with Gasteiger partial charge in [-0.05, 0) is 32.6 Å². The second-order valence-corrected chi connectivity index (χ2v) is 6.31. The Morgan fingerprint density at radius 3 is 2.46 bits per heavy atom. The van der Waals surface area contributed by atoms with Gasteiger partial charge in [-0.15, -0.1) is 0 Å². The summed E-state index contributed by atoms with van der Waals surface area (Å²) in [5, 5.41) is 21.7. The molecule has 7 nitrogen and oxygen atoms in total. The van der Waals surface area contributed by atoms with E-state index in [9.17, 15) is 33.2 Å². The van der Waals surface area contributed by atoms with Crippen molar-refractivity contribution in [1.82, 2.24) is 0 Å². The second kappa shape index (κ2) is 8.85. The maximum Gasteiger partial charge on any atom is 0.343 e. The fraction of sp³-hybridized carbons (Fsp3) is 0.444. The molecule has 0 unspecified atom stereocenters. The molecule has 1 saturated carbocycles. The molecule has 10 heteroatoms. The average Bonchev–Trinajstić information content (AvgIpc) is 2.61. The molecule has 1 aromatic carbocycles. The molecule has 0 aliphatic heterocycles. The third kappa shape index (κ3) is 4.15. The van der Waals surface area contributed by atoms with E-state index in [4.69, 9.17) is 4.74 Å². The van der Waals surface area contributed by atoms with E-state index >= 15 is 0 Å². The number of halogens is 3. The zero-order chi connectivity index (χ0) is 21.0. The van der Waals surface area contributed by atoms with Gasteiger partial charge in [-0.3, -0.25) is 15.1 Å². The van der Waals surface area contributed by atoms with Crippen molar-refractivity contribution in [2.75, 3.05) is 6.61 Å². The molecule has 1 fully saturated rings. The lowest BCUT2D eigenvalue weighted by Gasteiger charge is -2.20. The fourth-order valence-electron chi connectivity index (χ4n) is 2.49. The number of nitrogens with zero attached hydrogens (tertiary/aromatic N) is 2. The highest BCUT2D eigenvalue weighted by atomic mass is 19.2. The second-order valence-electron chi connectivity index (χ2n) is 6.31. The zero-order valence-corrected chi connectivity index (χ0v) is 15.3. The summed E-state index contributed by atoms with van der Waals surface area (Å²) in [7, 11) is 0. The van der Waals surface area contributed by atoms with Gasteiger partial charge in [-0.2, -0.15) is 4.39 Å². The Labute approximate surface area is 158 Å². The number of carbonyl (C=O) groups excluding carboxylic acids is 1. The number of carbonyl (C=O) groups is 1. The Kier molecular flexibility index (Phi) is 6.76. The van der Waals surface area contributed by atoms with E-state index in [0.29, 0.717) is 6.42 Å². The molecule has 0 aromatic heterocycles. The third-order valence-corrected chi connectivity index (χ3v) is 4.34. The van der Waals surface area contributed by atoms with Gasteiger partial charge in [0.2, 0.25) is 5.82 Å².